The number of benzene rings is 1. The molecule has 0 saturated carbocycles. The summed E-state index contributed by atoms with van der Waals surface area (Å²) in [5.41, 5.74) is 7.71. The third-order valence-corrected chi connectivity index (χ3v) is 2.89. The Morgan fingerprint density at radius 2 is 1.93 bits per heavy atom. The molecular weight excluding hydrogens is 184 g/mol. The normalized spacial score (nSPS) is 24.3. The van der Waals surface area contributed by atoms with Crippen LogP contribution in [0.1, 0.15) is 12.5 Å². The molecule has 1 atom stereocenters. The zero-order valence-corrected chi connectivity index (χ0v) is 8.57. The van der Waals surface area contributed by atoms with Gasteiger partial charge in [-0.15, -0.1) is 0 Å². The number of rotatable bonds is 1. The van der Waals surface area contributed by atoms with Gasteiger partial charge >= 0.3 is 0 Å². The van der Waals surface area contributed by atoms with Crippen LogP contribution in [-0.2, 0) is 5.41 Å². The van der Waals surface area contributed by atoms with Crippen LogP contribution >= 0.6 is 0 Å². The van der Waals surface area contributed by atoms with Crippen LogP contribution in [0.5, 0.6) is 0 Å². The Morgan fingerprint density at radius 3 is 2.53 bits per heavy atom. The molecule has 2 nitrogen and oxygen atoms in total. The first-order chi connectivity index (χ1) is 7.18. The first-order valence-corrected chi connectivity index (χ1v) is 4.83. The molecule has 0 aliphatic heterocycles. The van der Waals surface area contributed by atoms with Crippen LogP contribution < -0.4 is 5.73 Å². The van der Waals surface area contributed by atoms with Crippen molar-refractivity contribution in [3.63, 3.8) is 0 Å². The molecule has 0 bridgehead atoms. The standard InChI is InChI=1S/C13H12N2/c1-13(10-5-3-2-4-6-10)8-7-12(15)11(13)9-14/h2-8H,15H2,1H3. The lowest BCUT2D eigenvalue weighted by atomic mass is 9.78. The van der Waals surface area contributed by atoms with Gasteiger partial charge in [0.2, 0.25) is 0 Å². The van der Waals surface area contributed by atoms with Crippen LogP contribution in [0.2, 0.25) is 0 Å². The van der Waals surface area contributed by atoms with Gasteiger partial charge in [0.25, 0.3) is 0 Å². The van der Waals surface area contributed by atoms with E-state index in [9.17, 15) is 0 Å². The highest BCUT2D eigenvalue weighted by molar-refractivity contribution is 5.56. The van der Waals surface area contributed by atoms with Crippen LogP contribution in [0, 0.1) is 11.3 Å². The Kier molecular flexibility index (Phi) is 2.09. The molecule has 1 aliphatic carbocycles. The molecule has 2 rings (SSSR count). The first-order valence-electron chi connectivity index (χ1n) is 4.83. The smallest absolute Gasteiger partial charge is 0.0981 e. The largest absolute Gasteiger partial charge is 0.398 e. The predicted octanol–water partition coefficient (Wildman–Crippen LogP) is 2.25. The van der Waals surface area contributed by atoms with E-state index in [1.54, 1.807) is 0 Å². The Labute approximate surface area is 89.3 Å². The molecule has 1 aromatic carbocycles. The van der Waals surface area contributed by atoms with Gasteiger partial charge in [0.1, 0.15) is 0 Å². The predicted molar refractivity (Wildman–Crippen MR) is 59.8 cm³/mol. The van der Waals surface area contributed by atoms with E-state index < -0.39 is 0 Å². The quantitative estimate of drug-likeness (QED) is 0.748. The average molecular weight is 196 g/mol. The van der Waals surface area contributed by atoms with E-state index in [0.717, 1.165) is 5.56 Å². The second-order valence-corrected chi connectivity index (χ2v) is 3.84. The Morgan fingerprint density at radius 1 is 1.27 bits per heavy atom. The summed E-state index contributed by atoms with van der Waals surface area (Å²) in [4.78, 5) is 0. The number of nitrogens with two attached hydrogens (primary N) is 1. The molecule has 1 unspecified atom stereocenters. The summed E-state index contributed by atoms with van der Waals surface area (Å²) in [5.74, 6) is 0. The molecule has 0 heterocycles. The second-order valence-electron chi connectivity index (χ2n) is 3.84. The molecule has 2 heteroatoms. The summed E-state index contributed by atoms with van der Waals surface area (Å²) >= 11 is 0. The van der Waals surface area contributed by atoms with Crippen LogP contribution in [0.15, 0.2) is 53.8 Å². The van der Waals surface area contributed by atoms with Crippen LogP contribution in [0.3, 0.4) is 0 Å². The zero-order valence-electron chi connectivity index (χ0n) is 8.57. The van der Waals surface area contributed by atoms with E-state index >= 15 is 0 Å². The van der Waals surface area contributed by atoms with E-state index in [-0.39, 0.29) is 5.41 Å². The van der Waals surface area contributed by atoms with Gasteiger partial charge in [0, 0.05) is 11.1 Å². The van der Waals surface area contributed by atoms with Crippen molar-refractivity contribution in [3.05, 3.63) is 59.3 Å². The molecule has 0 amide bonds. The Balaban J connectivity index is 2.56. The van der Waals surface area contributed by atoms with E-state index in [1.165, 1.54) is 0 Å². The molecule has 0 saturated heterocycles. The molecule has 0 fully saturated rings. The van der Waals surface area contributed by atoms with E-state index in [1.807, 2.05) is 49.4 Å². The van der Waals surface area contributed by atoms with Crippen LogP contribution in [-0.4, -0.2) is 0 Å². The number of hydrogen-bond donors (Lipinski definition) is 1. The third-order valence-electron chi connectivity index (χ3n) is 2.89. The van der Waals surface area contributed by atoms with Crippen LogP contribution in [0.4, 0.5) is 0 Å². The maximum absolute atomic E-state index is 9.11. The Bertz CT molecular complexity index is 477. The number of allylic oxidation sites excluding steroid dienone is 3. The zero-order chi connectivity index (χ0) is 10.9. The monoisotopic (exact) mass is 196 g/mol. The molecule has 15 heavy (non-hydrogen) atoms. The maximum atomic E-state index is 9.11. The maximum Gasteiger partial charge on any atom is 0.0981 e. The van der Waals surface area contributed by atoms with Crippen molar-refractivity contribution in [3.8, 4) is 6.07 Å². The number of nitriles is 1. The third kappa shape index (κ3) is 1.33. The average Bonchev–Trinajstić information content (AvgIpc) is 2.57. The minimum Gasteiger partial charge on any atom is -0.398 e. The van der Waals surface area contributed by atoms with Gasteiger partial charge < -0.3 is 5.73 Å². The topological polar surface area (TPSA) is 49.8 Å². The lowest BCUT2D eigenvalue weighted by Gasteiger charge is -2.23. The van der Waals surface area contributed by atoms with Crippen LogP contribution in [0.25, 0.3) is 0 Å². The molecule has 0 aromatic heterocycles. The highest BCUT2D eigenvalue weighted by atomic mass is 14.6. The molecule has 0 radical (unpaired) electrons. The fraction of sp³-hybridized carbons (Fsp3) is 0.154. The van der Waals surface area contributed by atoms with E-state index in [0.29, 0.717) is 11.3 Å². The fourth-order valence-corrected chi connectivity index (χ4v) is 1.93. The van der Waals surface area contributed by atoms with Crippen molar-refractivity contribution >= 4 is 0 Å². The van der Waals surface area contributed by atoms with E-state index in [2.05, 4.69) is 6.07 Å². The summed E-state index contributed by atoms with van der Waals surface area (Å²) < 4.78 is 0. The van der Waals surface area contributed by atoms with Gasteiger partial charge in [-0.3, -0.25) is 0 Å². The van der Waals surface area contributed by atoms with Crippen molar-refractivity contribution in [2.45, 2.75) is 12.3 Å². The van der Waals surface area contributed by atoms with Gasteiger partial charge in [-0.2, -0.15) is 5.26 Å². The Hall–Kier alpha value is -2.01. The first kappa shape index (κ1) is 9.54. The summed E-state index contributed by atoms with van der Waals surface area (Å²) in [5, 5.41) is 9.11. The SMILES string of the molecule is CC1(c2ccccc2)C=CC(N)=C1C#N. The fourth-order valence-electron chi connectivity index (χ4n) is 1.93. The summed E-state index contributed by atoms with van der Waals surface area (Å²) in [7, 11) is 0. The molecule has 0 spiro atoms. The minimum atomic E-state index is -0.361. The lowest BCUT2D eigenvalue weighted by Crippen LogP contribution is -2.20. The van der Waals surface area contributed by atoms with Crippen molar-refractivity contribution in [2.24, 2.45) is 5.73 Å². The second kappa shape index (κ2) is 3.29. The van der Waals surface area contributed by atoms with Crippen molar-refractivity contribution in [1.29, 1.82) is 5.26 Å². The lowest BCUT2D eigenvalue weighted by molar-refractivity contribution is 0.735. The molecular formula is C13H12N2. The molecule has 1 aliphatic rings. The summed E-state index contributed by atoms with van der Waals surface area (Å²) in [6, 6.07) is 12.1. The number of nitrogens with zero attached hydrogens (tertiary/aromatic N) is 1. The summed E-state index contributed by atoms with van der Waals surface area (Å²) in [6.45, 7) is 2.01. The van der Waals surface area contributed by atoms with Gasteiger partial charge in [-0.1, -0.05) is 36.4 Å². The van der Waals surface area contributed by atoms with Crippen molar-refractivity contribution in [1.82, 2.24) is 0 Å². The van der Waals surface area contributed by atoms with Gasteiger partial charge in [0.15, 0.2) is 0 Å². The number of hydrogen-bond acceptors (Lipinski definition) is 2. The van der Waals surface area contributed by atoms with E-state index in [4.69, 9.17) is 11.0 Å². The molecule has 74 valence electrons. The van der Waals surface area contributed by atoms with Gasteiger partial charge in [-0.25, -0.2) is 0 Å². The molecule has 1 aromatic rings. The van der Waals surface area contributed by atoms with Crippen molar-refractivity contribution < 1.29 is 0 Å². The minimum absolute atomic E-state index is 0.361. The highest BCUT2D eigenvalue weighted by Gasteiger charge is 2.33. The van der Waals surface area contributed by atoms with Gasteiger partial charge in [-0.05, 0) is 18.6 Å². The molecule has 2 N–H and O–H groups in total. The summed E-state index contributed by atoms with van der Waals surface area (Å²) in [6.07, 6.45) is 3.79. The van der Waals surface area contributed by atoms with Gasteiger partial charge in [0.05, 0.1) is 11.6 Å². The highest BCUT2D eigenvalue weighted by Crippen LogP contribution is 2.38. The van der Waals surface area contributed by atoms with Crippen molar-refractivity contribution in [2.75, 3.05) is 0 Å².